The fourth-order valence-electron chi connectivity index (χ4n) is 6.22. The van der Waals surface area contributed by atoms with Crippen molar-refractivity contribution < 1.29 is 4.79 Å². The number of hydrogen-bond acceptors (Lipinski definition) is 3. The van der Waals surface area contributed by atoms with Crippen LogP contribution in [0.1, 0.15) is 64.9 Å². The number of hydrogen-bond donors (Lipinski definition) is 0. The molecule has 1 aromatic rings. The molecule has 0 radical (unpaired) electrons. The molecule has 2 spiro atoms. The maximum Gasteiger partial charge on any atom is 0.222 e. The number of carbonyl (C=O) groups is 1. The normalized spacial score (nSPS) is 26.9. The van der Waals surface area contributed by atoms with Gasteiger partial charge in [-0.15, -0.1) is 0 Å². The standard InChI is InChI=1S/C26H39N3O/c1-19(2)21-5-7-23(8-6-21)28-14-25(15-28)16-29(17-25)24(30)13-22-9-12-27(20(3)4)18-26(22)10-11-26/h5-8,19-20,22H,9-18H2,1-4H3. The lowest BCUT2D eigenvalue weighted by molar-refractivity contribution is -0.147. The summed E-state index contributed by atoms with van der Waals surface area (Å²) < 4.78 is 0. The van der Waals surface area contributed by atoms with Gasteiger partial charge in [-0.1, -0.05) is 26.0 Å². The average Bonchev–Trinajstić information content (AvgIpc) is 3.41. The molecule has 1 aliphatic carbocycles. The van der Waals surface area contributed by atoms with Crippen LogP contribution in [0.3, 0.4) is 0 Å². The maximum atomic E-state index is 13.0. The quantitative estimate of drug-likeness (QED) is 0.723. The number of anilines is 1. The molecular weight excluding hydrogens is 370 g/mol. The number of piperidine rings is 1. The molecule has 4 heteroatoms. The third kappa shape index (κ3) is 3.55. The summed E-state index contributed by atoms with van der Waals surface area (Å²) in [5, 5.41) is 0. The predicted molar refractivity (Wildman–Crippen MR) is 123 cm³/mol. The molecule has 5 rings (SSSR count). The largest absolute Gasteiger partial charge is 0.370 e. The summed E-state index contributed by atoms with van der Waals surface area (Å²) in [7, 11) is 0. The zero-order valence-corrected chi connectivity index (χ0v) is 19.4. The molecule has 0 aromatic heterocycles. The van der Waals surface area contributed by atoms with E-state index in [1.54, 1.807) is 0 Å². The lowest BCUT2D eigenvalue weighted by atomic mass is 9.71. The van der Waals surface area contributed by atoms with Gasteiger partial charge < -0.3 is 14.7 Å². The van der Waals surface area contributed by atoms with Gasteiger partial charge in [-0.2, -0.15) is 0 Å². The molecule has 1 saturated carbocycles. The SMILES string of the molecule is CC(C)c1ccc(N2CC3(CN(C(=O)CC4CCN(C(C)C)CC45CC5)C3)C2)cc1. The van der Waals surface area contributed by atoms with Gasteiger partial charge in [0, 0.05) is 56.3 Å². The number of carbonyl (C=O) groups excluding carboxylic acids is 1. The van der Waals surface area contributed by atoms with E-state index in [0.29, 0.717) is 34.6 Å². The Balaban J connectivity index is 1.10. The van der Waals surface area contributed by atoms with Crippen molar-refractivity contribution in [1.82, 2.24) is 9.80 Å². The number of amides is 1. The van der Waals surface area contributed by atoms with Crippen LogP contribution in [0.25, 0.3) is 0 Å². The van der Waals surface area contributed by atoms with Gasteiger partial charge in [0.15, 0.2) is 0 Å². The van der Waals surface area contributed by atoms with Crippen LogP contribution in [0.15, 0.2) is 24.3 Å². The first-order valence-corrected chi connectivity index (χ1v) is 12.2. The monoisotopic (exact) mass is 409 g/mol. The maximum absolute atomic E-state index is 13.0. The van der Waals surface area contributed by atoms with Crippen molar-refractivity contribution in [2.75, 3.05) is 44.2 Å². The molecule has 0 bridgehead atoms. The minimum absolute atomic E-state index is 0.366. The van der Waals surface area contributed by atoms with E-state index < -0.39 is 0 Å². The van der Waals surface area contributed by atoms with Crippen molar-refractivity contribution in [3.63, 3.8) is 0 Å². The molecule has 1 unspecified atom stereocenters. The number of nitrogens with zero attached hydrogens (tertiary/aromatic N) is 3. The number of likely N-dealkylation sites (tertiary alicyclic amines) is 2. The molecule has 0 N–H and O–H groups in total. The van der Waals surface area contributed by atoms with E-state index in [9.17, 15) is 4.79 Å². The summed E-state index contributed by atoms with van der Waals surface area (Å²) >= 11 is 0. The lowest BCUT2D eigenvalue weighted by Gasteiger charge is -2.61. The van der Waals surface area contributed by atoms with Gasteiger partial charge in [0.1, 0.15) is 0 Å². The molecule has 1 aromatic carbocycles. The molecule has 4 aliphatic rings. The van der Waals surface area contributed by atoms with E-state index >= 15 is 0 Å². The first kappa shape index (κ1) is 20.4. The summed E-state index contributed by atoms with van der Waals surface area (Å²) in [6.07, 6.45) is 4.68. The average molecular weight is 410 g/mol. The molecule has 3 saturated heterocycles. The summed E-state index contributed by atoms with van der Waals surface area (Å²) in [6.45, 7) is 15.7. The van der Waals surface area contributed by atoms with E-state index in [4.69, 9.17) is 0 Å². The summed E-state index contributed by atoms with van der Waals surface area (Å²) in [4.78, 5) is 20.3. The Hall–Kier alpha value is -1.55. The smallest absolute Gasteiger partial charge is 0.222 e. The Kier molecular flexibility index (Phi) is 4.92. The predicted octanol–water partition coefficient (Wildman–Crippen LogP) is 4.36. The highest BCUT2D eigenvalue weighted by Gasteiger charge is 2.56. The van der Waals surface area contributed by atoms with E-state index in [-0.39, 0.29) is 0 Å². The van der Waals surface area contributed by atoms with Crippen molar-refractivity contribution in [1.29, 1.82) is 0 Å². The van der Waals surface area contributed by atoms with Gasteiger partial charge in [0.2, 0.25) is 5.91 Å². The third-order valence-corrected chi connectivity index (χ3v) is 8.58. The van der Waals surface area contributed by atoms with Crippen LogP contribution in [0.5, 0.6) is 0 Å². The molecule has 30 heavy (non-hydrogen) atoms. The second kappa shape index (κ2) is 7.25. The molecule has 164 valence electrons. The minimum atomic E-state index is 0.366. The fourth-order valence-corrected chi connectivity index (χ4v) is 6.22. The summed E-state index contributed by atoms with van der Waals surface area (Å²) in [5.41, 5.74) is 3.57. The molecule has 1 atom stereocenters. The third-order valence-electron chi connectivity index (χ3n) is 8.58. The van der Waals surface area contributed by atoms with Crippen molar-refractivity contribution in [2.45, 2.75) is 65.3 Å². The highest BCUT2D eigenvalue weighted by Crippen LogP contribution is 2.57. The van der Waals surface area contributed by atoms with E-state index in [1.807, 2.05) is 0 Å². The lowest BCUT2D eigenvalue weighted by Crippen LogP contribution is -2.73. The van der Waals surface area contributed by atoms with Crippen molar-refractivity contribution in [3.05, 3.63) is 29.8 Å². The Bertz CT molecular complexity index is 781. The van der Waals surface area contributed by atoms with Crippen molar-refractivity contribution >= 4 is 11.6 Å². The second-order valence-corrected chi connectivity index (χ2v) is 11.5. The van der Waals surface area contributed by atoms with Crippen LogP contribution in [-0.4, -0.2) is 61.0 Å². The Morgan fingerprint density at radius 2 is 1.67 bits per heavy atom. The van der Waals surface area contributed by atoms with Crippen LogP contribution in [-0.2, 0) is 4.79 Å². The Morgan fingerprint density at radius 3 is 2.23 bits per heavy atom. The van der Waals surface area contributed by atoms with E-state index in [0.717, 1.165) is 32.6 Å². The van der Waals surface area contributed by atoms with Gasteiger partial charge in [0.05, 0.1) is 0 Å². The number of rotatable bonds is 5. The first-order valence-electron chi connectivity index (χ1n) is 12.2. The van der Waals surface area contributed by atoms with Crippen molar-refractivity contribution in [2.24, 2.45) is 16.7 Å². The zero-order valence-electron chi connectivity index (χ0n) is 19.4. The van der Waals surface area contributed by atoms with Crippen LogP contribution >= 0.6 is 0 Å². The number of benzene rings is 1. The molecule has 1 amide bonds. The summed E-state index contributed by atoms with van der Waals surface area (Å²) in [6, 6.07) is 9.70. The molecule has 4 nitrogen and oxygen atoms in total. The van der Waals surface area contributed by atoms with E-state index in [2.05, 4.69) is 66.7 Å². The van der Waals surface area contributed by atoms with Gasteiger partial charge in [0.25, 0.3) is 0 Å². The Labute approximate surface area is 182 Å². The first-order chi connectivity index (χ1) is 14.3. The topological polar surface area (TPSA) is 26.8 Å². The Morgan fingerprint density at radius 1 is 1.00 bits per heavy atom. The molecular formula is C26H39N3O. The van der Waals surface area contributed by atoms with Gasteiger partial charge in [-0.25, -0.2) is 0 Å². The van der Waals surface area contributed by atoms with Gasteiger partial charge in [-0.05, 0) is 74.6 Å². The molecule has 3 aliphatic heterocycles. The van der Waals surface area contributed by atoms with Gasteiger partial charge >= 0.3 is 0 Å². The zero-order chi connectivity index (χ0) is 21.1. The minimum Gasteiger partial charge on any atom is -0.370 e. The van der Waals surface area contributed by atoms with Crippen LogP contribution < -0.4 is 4.90 Å². The van der Waals surface area contributed by atoms with Crippen molar-refractivity contribution in [3.8, 4) is 0 Å². The van der Waals surface area contributed by atoms with Gasteiger partial charge in [-0.3, -0.25) is 4.79 Å². The molecule has 3 heterocycles. The van der Waals surface area contributed by atoms with E-state index in [1.165, 1.54) is 43.6 Å². The van der Waals surface area contributed by atoms with Crippen LogP contribution in [0.4, 0.5) is 5.69 Å². The van der Waals surface area contributed by atoms with Crippen LogP contribution in [0.2, 0.25) is 0 Å². The summed E-state index contributed by atoms with van der Waals surface area (Å²) in [5.74, 6) is 1.63. The second-order valence-electron chi connectivity index (χ2n) is 11.5. The molecule has 4 fully saturated rings. The van der Waals surface area contributed by atoms with Crippen LogP contribution in [0, 0.1) is 16.7 Å². The fraction of sp³-hybridized carbons (Fsp3) is 0.731. The highest BCUT2D eigenvalue weighted by atomic mass is 16.2. The highest BCUT2D eigenvalue weighted by molar-refractivity contribution is 5.78.